The molecule has 2 unspecified atom stereocenters. The average molecular weight is 1000 g/mol. The lowest BCUT2D eigenvalue weighted by molar-refractivity contribution is -0.0762. The summed E-state index contributed by atoms with van der Waals surface area (Å²) in [5.74, 6) is 0.800. The number of hydrogen-bond donors (Lipinski definition) is 0. The molecule has 3 rings (SSSR count). The molecule has 2 aliphatic heterocycles. The standard InChI is InChI=1S/C19H40O4Si.C16H34O5Si.C14H30O5Si/c1-17(2,3)21-24(22-18(4,5)6,23-19(7,8)9)14-10-13-20-15-16-11-12-16;1-8-19-22(20-15(2,3)4,21-16(5,6)7)11-9-10-17-12-14-13-18-14;1-6-17-20(18-7-2,19-14(3,4)5)10-8-9-15-11-13-12-16-13/h16H,10-15H2,1-9H3;14H,8-13H2,1-7H3;13H,6-12H2,1-5H3. The average Bonchev–Trinajstić information content (AvgIpc) is 3.94. The van der Waals surface area contributed by atoms with E-state index in [-0.39, 0.29) is 33.6 Å². The highest BCUT2D eigenvalue weighted by Gasteiger charge is 2.50. The fraction of sp³-hybridized carbons (Fsp3) is 1.00. The Labute approximate surface area is 408 Å². The second-order valence-corrected chi connectivity index (χ2v) is 31.2. The first-order valence-electron chi connectivity index (χ1n) is 25.2. The van der Waals surface area contributed by atoms with E-state index in [1.165, 1.54) is 12.8 Å². The van der Waals surface area contributed by atoms with Gasteiger partial charge >= 0.3 is 26.4 Å². The normalized spacial score (nSPS) is 18.7. The molecule has 0 aromatic rings. The third-order valence-corrected chi connectivity index (χ3v) is 19.3. The molecule has 0 aromatic carbocycles. The van der Waals surface area contributed by atoms with Gasteiger partial charge in [-0.3, -0.25) is 0 Å². The first-order chi connectivity index (χ1) is 30.2. The molecular weight excluding hydrogens is 897 g/mol. The monoisotopic (exact) mass is 1000 g/mol. The van der Waals surface area contributed by atoms with Gasteiger partial charge in [0.15, 0.2) is 0 Å². The van der Waals surface area contributed by atoms with Crippen LogP contribution in [0.25, 0.3) is 0 Å². The molecule has 0 radical (unpaired) electrons. The fourth-order valence-corrected chi connectivity index (χ4v) is 16.9. The third kappa shape index (κ3) is 36.1. The summed E-state index contributed by atoms with van der Waals surface area (Å²) in [5.41, 5.74) is -1.78. The largest absolute Gasteiger partial charge is 0.502 e. The van der Waals surface area contributed by atoms with Crippen molar-refractivity contribution in [2.24, 2.45) is 5.92 Å². The van der Waals surface area contributed by atoms with Gasteiger partial charge in [-0.05, 0) is 183 Å². The van der Waals surface area contributed by atoms with Crippen LogP contribution in [0.4, 0.5) is 0 Å². The lowest BCUT2D eigenvalue weighted by Crippen LogP contribution is -2.57. The minimum absolute atomic E-state index is 0.265. The Morgan fingerprint density at radius 2 is 0.636 bits per heavy atom. The quantitative estimate of drug-likeness (QED) is 0.0383. The molecule has 0 aromatic heterocycles. The minimum atomic E-state index is -2.84. The molecule has 0 N–H and O–H groups in total. The van der Waals surface area contributed by atoms with Crippen LogP contribution in [-0.2, 0) is 63.5 Å². The van der Waals surface area contributed by atoms with Crippen molar-refractivity contribution in [1.82, 2.24) is 0 Å². The van der Waals surface area contributed by atoms with Gasteiger partial charge in [-0.15, -0.1) is 0 Å². The van der Waals surface area contributed by atoms with E-state index >= 15 is 0 Å². The van der Waals surface area contributed by atoms with Gasteiger partial charge < -0.3 is 63.5 Å². The van der Waals surface area contributed by atoms with E-state index < -0.39 is 26.4 Å². The van der Waals surface area contributed by atoms with Gasteiger partial charge in [0.05, 0.1) is 60.0 Å². The van der Waals surface area contributed by atoms with Crippen molar-refractivity contribution in [2.75, 3.05) is 72.7 Å². The Hall–Kier alpha value is 0.0906. The van der Waals surface area contributed by atoms with Crippen molar-refractivity contribution in [3.8, 4) is 0 Å². The van der Waals surface area contributed by atoms with Crippen molar-refractivity contribution < 1.29 is 63.5 Å². The highest BCUT2D eigenvalue weighted by atomic mass is 28.4. The van der Waals surface area contributed by atoms with Gasteiger partial charge in [0, 0.05) is 64.4 Å². The minimum Gasteiger partial charge on any atom is -0.381 e. The van der Waals surface area contributed by atoms with E-state index in [1.54, 1.807) is 0 Å². The summed E-state index contributed by atoms with van der Waals surface area (Å²) in [6.45, 7) is 50.8. The third-order valence-electron chi connectivity index (χ3n) is 8.64. The number of epoxide rings is 2. The zero-order valence-corrected chi connectivity index (χ0v) is 49.4. The van der Waals surface area contributed by atoms with Crippen LogP contribution < -0.4 is 0 Å². The van der Waals surface area contributed by atoms with E-state index in [9.17, 15) is 0 Å². The van der Waals surface area contributed by atoms with E-state index in [1.807, 2.05) is 83.1 Å². The van der Waals surface area contributed by atoms with Crippen molar-refractivity contribution in [3.05, 3.63) is 0 Å². The Balaban J connectivity index is 0.000000497. The molecule has 2 atom stereocenters. The van der Waals surface area contributed by atoms with Gasteiger partial charge in [-0.1, -0.05) is 0 Å². The van der Waals surface area contributed by atoms with E-state index in [0.29, 0.717) is 58.5 Å². The van der Waals surface area contributed by atoms with Gasteiger partial charge in [0.25, 0.3) is 0 Å². The Bertz CT molecular complexity index is 1190. The molecule has 3 fully saturated rings. The first kappa shape index (κ1) is 64.1. The van der Waals surface area contributed by atoms with Gasteiger partial charge in [-0.25, -0.2) is 0 Å². The molecule has 1 aliphatic carbocycles. The molecule has 1 saturated carbocycles. The topological polar surface area (TPSA) is 136 Å². The predicted molar refractivity (Wildman–Crippen MR) is 270 cm³/mol. The summed E-state index contributed by atoms with van der Waals surface area (Å²) in [7, 11) is -8.19. The SMILES string of the molecule is CC(C)(C)O[Si](CCCOCC1CC1)(OC(C)(C)C)OC(C)(C)C.CCO[Si](CCCOCC1CO1)(OC(C)(C)C)OC(C)(C)C.CCO[Si](CCCOCC1CO1)(OCC)OC(C)(C)C. The summed E-state index contributed by atoms with van der Waals surface area (Å²) >= 11 is 0. The molecule has 2 saturated heterocycles. The Morgan fingerprint density at radius 1 is 0.379 bits per heavy atom. The highest BCUT2D eigenvalue weighted by Crippen LogP contribution is 2.34. The second kappa shape index (κ2) is 29.0. The van der Waals surface area contributed by atoms with Crippen molar-refractivity contribution in [2.45, 2.75) is 241 Å². The Kier molecular flexibility index (Phi) is 28.1. The molecule has 3 aliphatic rings. The summed E-state index contributed by atoms with van der Waals surface area (Å²) in [4.78, 5) is 0. The number of hydrogen-bond acceptors (Lipinski definition) is 14. The number of ether oxygens (including phenoxy) is 5. The lowest BCUT2D eigenvalue weighted by Gasteiger charge is -2.43. The molecule has 14 nitrogen and oxygen atoms in total. The second-order valence-electron chi connectivity index (χ2n) is 23.5. The highest BCUT2D eigenvalue weighted by molar-refractivity contribution is 6.61. The van der Waals surface area contributed by atoms with Crippen LogP contribution in [0.1, 0.15) is 178 Å². The van der Waals surface area contributed by atoms with Gasteiger partial charge in [-0.2, -0.15) is 0 Å². The van der Waals surface area contributed by atoms with Crippen LogP contribution in [0.15, 0.2) is 0 Å². The summed E-state index contributed by atoms with van der Waals surface area (Å²) in [5, 5.41) is 0. The van der Waals surface area contributed by atoms with Crippen LogP contribution in [0.5, 0.6) is 0 Å². The van der Waals surface area contributed by atoms with Crippen LogP contribution in [0.3, 0.4) is 0 Å². The molecule has 396 valence electrons. The summed E-state index contributed by atoms with van der Waals surface area (Å²) in [6.07, 6.45) is 5.94. The zero-order chi connectivity index (χ0) is 50.6. The van der Waals surface area contributed by atoms with Crippen molar-refractivity contribution in [1.29, 1.82) is 0 Å². The van der Waals surface area contributed by atoms with E-state index in [4.69, 9.17) is 63.5 Å². The van der Waals surface area contributed by atoms with Crippen molar-refractivity contribution >= 4 is 26.4 Å². The molecule has 0 spiro atoms. The molecule has 0 bridgehead atoms. The summed E-state index contributed by atoms with van der Waals surface area (Å²) < 4.78 is 83.2. The van der Waals surface area contributed by atoms with Crippen LogP contribution in [0, 0.1) is 5.92 Å². The van der Waals surface area contributed by atoms with Crippen molar-refractivity contribution in [3.63, 3.8) is 0 Å². The smallest absolute Gasteiger partial charge is 0.381 e. The van der Waals surface area contributed by atoms with Gasteiger partial charge in [0.1, 0.15) is 12.2 Å². The maximum atomic E-state index is 6.46. The van der Waals surface area contributed by atoms with Crippen LogP contribution in [-0.4, -0.2) is 145 Å². The molecule has 0 amide bonds. The number of rotatable bonds is 30. The molecule has 17 heteroatoms. The van der Waals surface area contributed by atoms with E-state index in [0.717, 1.165) is 69.7 Å². The molecular formula is C49H104O14Si3. The first-order valence-corrected chi connectivity index (χ1v) is 31.0. The lowest BCUT2D eigenvalue weighted by atomic mass is 10.2. The fourth-order valence-electron chi connectivity index (χ4n) is 6.69. The van der Waals surface area contributed by atoms with Crippen LogP contribution >= 0.6 is 0 Å². The van der Waals surface area contributed by atoms with Crippen LogP contribution in [0.2, 0.25) is 18.1 Å². The van der Waals surface area contributed by atoms with Gasteiger partial charge in [0.2, 0.25) is 0 Å². The maximum absolute atomic E-state index is 6.46. The Morgan fingerprint density at radius 3 is 0.924 bits per heavy atom. The maximum Gasteiger partial charge on any atom is 0.502 e. The van der Waals surface area contributed by atoms with E-state index in [2.05, 4.69) is 62.3 Å². The summed E-state index contributed by atoms with van der Waals surface area (Å²) in [6, 6.07) is 2.34. The zero-order valence-electron chi connectivity index (χ0n) is 46.4. The molecule has 66 heavy (non-hydrogen) atoms. The molecule has 2 heterocycles. The predicted octanol–water partition coefficient (Wildman–Crippen LogP) is 11.2.